The first-order chi connectivity index (χ1) is 13.5. The number of aromatic amines is 1. The Morgan fingerprint density at radius 3 is 2.96 bits per heavy atom. The number of nitrogens with zero attached hydrogens (tertiary/aromatic N) is 3. The Labute approximate surface area is 173 Å². The summed E-state index contributed by atoms with van der Waals surface area (Å²) >= 11 is 8.76. The number of thiophene rings is 1. The Morgan fingerprint density at radius 1 is 1.36 bits per heavy atom. The van der Waals surface area contributed by atoms with Gasteiger partial charge >= 0.3 is 5.97 Å². The number of fused-ring (bicyclic) bond motifs is 2. The van der Waals surface area contributed by atoms with Crippen molar-refractivity contribution in [3.05, 3.63) is 39.5 Å². The average molecular weight is 434 g/mol. The molecule has 0 amide bonds. The maximum absolute atomic E-state index is 12.1. The average Bonchev–Trinajstić information content (AvgIpc) is 3.20. The van der Waals surface area contributed by atoms with Crippen molar-refractivity contribution in [3.63, 3.8) is 0 Å². The zero-order valence-corrected chi connectivity index (χ0v) is 17.5. The molecule has 1 aromatic carbocycles. The van der Waals surface area contributed by atoms with Gasteiger partial charge in [-0.05, 0) is 37.6 Å². The van der Waals surface area contributed by atoms with Crippen molar-refractivity contribution in [2.75, 3.05) is 12.3 Å². The zero-order chi connectivity index (χ0) is 19.8. The largest absolute Gasteiger partial charge is 0.462 e. The van der Waals surface area contributed by atoms with Crippen molar-refractivity contribution in [1.29, 1.82) is 0 Å². The summed E-state index contributed by atoms with van der Waals surface area (Å²) in [5, 5.41) is 2.11. The van der Waals surface area contributed by atoms with Crippen LogP contribution in [-0.2, 0) is 10.5 Å². The van der Waals surface area contributed by atoms with Gasteiger partial charge in [-0.1, -0.05) is 23.4 Å². The number of hydrogen-bond acceptors (Lipinski definition) is 8. The van der Waals surface area contributed by atoms with E-state index >= 15 is 0 Å². The summed E-state index contributed by atoms with van der Waals surface area (Å²) in [6.45, 7) is 3.92. The molecule has 0 atom stereocenters. The summed E-state index contributed by atoms with van der Waals surface area (Å²) in [4.78, 5) is 30.0. The Balaban J connectivity index is 1.60. The van der Waals surface area contributed by atoms with Crippen LogP contribution in [0.2, 0.25) is 5.02 Å². The summed E-state index contributed by atoms with van der Waals surface area (Å²) in [6, 6.07) is 5.50. The van der Waals surface area contributed by atoms with E-state index in [0.29, 0.717) is 44.1 Å². The fourth-order valence-corrected chi connectivity index (χ4v) is 4.84. The second-order valence-electron chi connectivity index (χ2n) is 5.97. The number of nitrogens with two attached hydrogens (primary N) is 1. The van der Waals surface area contributed by atoms with E-state index in [4.69, 9.17) is 22.1 Å². The molecule has 0 bridgehead atoms. The van der Waals surface area contributed by atoms with E-state index in [1.54, 1.807) is 13.0 Å². The summed E-state index contributed by atoms with van der Waals surface area (Å²) in [5.41, 5.74) is 8.62. The number of nitrogens with one attached hydrogen (secondary N) is 1. The Hall–Kier alpha value is -2.36. The van der Waals surface area contributed by atoms with E-state index < -0.39 is 0 Å². The monoisotopic (exact) mass is 433 g/mol. The molecule has 0 saturated carbocycles. The minimum atomic E-state index is -0.362. The van der Waals surface area contributed by atoms with Gasteiger partial charge in [-0.2, -0.15) is 0 Å². The third kappa shape index (κ3) is 3.52. The molecule has 28 heavy (non-hydrogen) atoms. The SMILES string of the molecule is CCOC(=O)c1sc2nc(CSc3nc4ccc(Cl)cc4[nH]3)nc(N)c2c1C. The molecule has 4 aromatic rings. The Morgan fingerprint density at radius 2 is 2.18 bits per heavy atom. The highest BCUT2D eigenvalue weighted by Crippen LogP contribution is 2.34. The maximum Gasteiger partial charge on any atom is 0.348 e. The molecule has 0 fully saturated rings. The number of rotatable bonds is 5. The predicted molar refractivity (Wildman–Crippen MR) is 113 cm³/mol. The predicted octanol–water partition coefficient (Wildman–Crippen LogP) is 4.58. The summed E-state index contributed by atoms with van der Waals surface area (Å²) in [6.07, 6.45) is 0. The third-order valence-corrected chi connectivity index (χ3v) is 6.36. The van der Waals surface area contributed by atoms with Crippen molar-refractivity contribution in [1.82, 2.24) is 19.9 Å². The number of carbonyl (C=O) groups excluding carboxylic acids is 1. The third-order valence-electron chi connectivity index (χ3n) is 4.09. The van der Waals surface area contributed by atoms with Crippen LogP contribution in [0.3, 0.4) is 0 Å². The lowest BCUT2D eigenvalue weighted by atomic mass is 10.2. The second kappa shape index (κ2) is 7.57. The summed E-state index contributed by atoms with van der Waals surface area (Å²) < 4.78 is 5.11. The Bertz CT molecular complexity index is 1200. The number of benzene rings is 1. The lowest BCUT2D eigenvalue weighted by Gasteiger charge is -2.02. The molecule has 0 aliphatic carbocycles. The zero-order valence-electron chi connectivity index (χ0n) is 15.1. The van der Waals surface area contributed by atoms with Crippen molar-refractivity contribution in [2.45, 2.75) is 24.8 Å². The number of hydrogen-bond donors (Lipinski definition) is 2. The van der Waals surface area contributed by atoms with Crippen LogP contribution in [0.5, 0.6) is 0 Å². The number of imidazole rings is 1. The molecule has 0 saturated heterocycles. The minimum absolute atomic E-state index is 0.318. The van der Waals surface area contributed by atoms with Gasteiger partial charge in [-0.3, -0.25) is 0 Å². The number of thioether (sulfide) groups is 1. The van der Waals surface area contributed by atoms with Gasteiger partial charge in [0.15, 0.2) is 5.16 Å². The van der Waals surface area contributed by atoms with E-state index in [0.717, 1.165) is 21.8 Å². The van der Waals surface area contributed by atoms with Gasteiger partial charge in [0.25, 0.3) is 0 Å². The molecule has 0 radical (unpaired) electrons. The van der Waals surface area contributed by atoms with E-state index in [-0.39, 0.29) is 5.97 Å². The molecule has 0 unspecified atom stereocenters. The lowest BCUT2D eigenvalue weighted by molar-refractivity contribution is 0.0531. The molecule has 144 valence electrons. The fourth-order valence-electron chi connectivity index (χ4n) is 2.83. The van der Waals surface area contributed by atoms with Crippen molar-refractivity contribution < 1.29 is 9.53 Å². The first kappa shape index (κ1) is 19.0. The van der Waals surface area contributed by atoms with E-state index in [9.17, 15) is 4.79 Å². The van der Waals surface area contributed by atoms with Crippen LogP contribution in [0.1, 0.15) is 28.0 Å². The second-order valence-corrected chi connectivity index (χ2v) is 8.37. The minimum Gasteiger partial charge on any atom is -0.462 e. The first-order valence-corrected chi connectivity index (χ1v) is 10.6. The molecule has 4 rings (SSSR count). The van der Waals surface area contributed by atoms with Gasteiger partial charge in [-0.25, -0.2) is 19.7 Å². The topological polar surface area (TPSA) is 107 Å². The van der Waals surface area contributed by atoms with Crippen LogP contribution in [0.15, 0.2) is 23.4 Å². The van der Waals surface area contributed by atoms with Crippen LogP contribution in [0.4, 0.5) is 5.82 Å². The molecule has 7 nitrogen and oxygen atoms in total. The molecule has 3 N–H and O–H groups in total. The van der Waals surface area contributed by atoms with Crippen LogP contribution in [0.25, 0.3) is 21.3 Å². The van der Waals surface area contributed by atoms with Gasteiger partial charge in [0.1, 0.15) is 21.3 Å². The highest BCUT2D eigenvalue weighted by Gasteiger charge is 2.20. The molecule has 10 heteroatoms. The standard InChI is InChI=1S/C18H16ClN5O2S2/c1-3-26-17(25)14-8(2)13-15(20)23-12(24-16(13)28-14)7-27-18-21-10-5-4-9(19)6-11(10)22-18/h4-6H,3,7H2,1-2H3,(H,21,22)(H2,20,23,24). The Kier molecular flexibility index (Phi) is 5.13. The van der Waals surface area contributed by atoms with Crippen molar-refractivity contribution in [2.24, 2.45) is 0 Å². The van der Waals surface area contributed by atoms with Crippen LogP contribution in [0, 0.1) is 6.92 Å². The molecule has 0 spiro atoms. The smallest absolute Gasteiger partial charge is 0.348 e. The number of anilines is 1. The van der Waals surface area contributed by atoms with Crippen LogP contribution >= 0.6 is 34.7 Å². The number of esters is 1. The first-order valence-electron chi connectivity index (χ1n) is 8.47. The van der Waals surface area contributed by atoms with Gasteiger partial charge in [0, 0.05) is 5.02 Å². The molecule has 0 aliphatic heterocycles. The van der Waals surface area contributed by atoms with Crippen LogP contribution in [-0.4, -0.2) is 32.5 Å². The highest BCUT2D eigenvalue weighted by atomic mass is 35.5. The molecular weight excluding hydrogens is 418 g/mol. The van der Waals surface area contributed by atoms with Gasteiger partial charge < -0.3 is 15.5 Å². The number of nitrogen functional groups attached to an aromatic ring is 1. The number of aromatic nitrogens is 4. The quantitative estimate of drug-likeness (QED) is 0.350. The van der Waals surface area contributed by atoms with Crippen LogP contribution < -0.4 is 5.73 Å². The number of carbonyl (C=O) groups is 1. The fraction of sp³-hybridized carbons (Fsp3) is 0.222. The summed E-state index contributed by atoms with van der Waals surface area (Å²) in [7, 11) is 0. The summed E-state index contributed by atoms with van der Waals surface area (Å²) in [5.74, 6) is 1.06. The molecular formula is C18H16ClN5O2S2. The van der Waals surface area contributed by atoms with E-state index in [1.807, 2.05) is 19.1 Å². The maximum atomic E-state index is 12.1. The van der Waals surface area contributed by atoms with E-state index in [2.05, 4.69) is 19.9 Å². The molecule has 3 heterocycles. The van der Waals surface area contributed by atoms with Gasteiger partial charge in [0.2, 0.25) is 0 Å². The lowest BCUT2D eigenvalue weighted by Crippen LogP contribution is -2.03. The number of ether oxygens (including phenoxy) is 1. The number of halogens is 1. The van der Waals surface area contributed by atoms with Crippen molar-refractivity contribution >= 4 is 67.7 Å². The van der Waals surface area contributed by atoms with Gasteiger partial charge in [0.05, 0.1) is 28.8 Å². The van der Waals surface area contributed by atoms with E-state index in [1.165, 1.54) is 23.1 Å². The molecule has 0 aliphatic rings. The highest BCUT2D eigenvalue weighted by molar-refractivity contribution is 7.98. The number of aryl methyl sites for hydroxylation is 1. The van der Waals surface area contributed by atoms with Crippen molar-refractivity contribution in [3.8, 4) is 0 Å². The number of H-pyrrole nitrogens is 1. The normalized spacial score (nSPS) is 11.4. The van der Waals surface area contributed by atoms with Gasteiger partial charge in [-0.15, -0.1) is 11.3 Å². The molecule has 3 aromatic heterocycles.